The van der Waals surface area contributed by atoms with Gasteiger partial charge in [-0.3, -0.25) is 4.79 Å². The molecule has 3 aromatic rings. The van der Waals surface area contributed by atoms with E-state index in [1.807, 2.05) is 50.4 Å². The second kappa shape index (κ2) is 6.06. The summed E-state index contributed by atoms with van der Waals surface area (Å²) in [5.74, 6) is 0. The van der Waals surface area contributed by atoms with Crippen molar-refractivity contribution in [2.75, 3.05) is 5.32 Å². The number of nitrogens with zero attached hydrogens (tertiary/aromatic N) is 1. The Morgan fingerprint density at radius 1 is 1.00 bits per heavy atom. The van der Waals surface area contributed by atoms with Gasteiger partial charge in [-0.1, -0.05) is 55.5 Å². The fourth-order valence-corrected chi connectivity index (χ4v) is 2.88. The maximum absolute atomic E-state index is 12.6. The van der Waals surface area contributed by atoms with Crippen molar-refractivity contribution in [1.29, 1.82) is 0 Å². The largest absolute Gasteiger partial charge is 0.380 e. The minimum absolute atomic E-state index is 0.0803. The van der Waals surface area contributed by atoms with Crippen LogP contribution >= 0.6 is 0 Å². The van der Waals surface area contributed by atoms with Gasteiger partial charge in [-0.2, -0.15) is 0 Å². The number of rotatable bonds is 4. The highest BCUT2D eigenvalue weighted by Crippen LogP contribution is 2.25. The zero-order valence-electron chi connectivity index (χ0n) is 13.0. The van der Waals surface area contributed by atoms with Gasteiger partial charge in [0.25, 0.3) is 5.56 Å². The molecule has 0 aliphatic carbocycles. The fraction of sp³-hybridized carbons (Fsp3) is 0.211. The molecule has 0 radical (unpaired) electrons. The molecule has 3 heteroatoms. The molecule has 0 saturated carbocycles. The van der Waals surface area contributed by atoms with Crippen LogP contribution in [0.3, 0.4) is 0 Å². The van der Waals surface area contributed by atoms with Crippen LogP contribution in [-0.2, 0) is 20.0 Å². The highest BCUT2D eigenvalue weighted by molar-refractivity contribution is 5.93. The van der Waals surface area contributed by atoms with Gasteiger partial charge >= 0.3 is 0 Å². The SMILES string of the molecule is CCc1c(NCc2ccccc2)c2ccccc2n(C)c1=O. The maximum Gasteiger partial charge on any atom is 0.256 e. The number of hydrogen-bond acceptors (Lipinski definition) is 2. The van der Waals surface area contributed by atoms with E-state index in [0.29, 0.717) is 13.0 Å². The summed E-state index contributed by atoms with van der Waals surface area (Å²) in [6.07, 6.45) is 0.717. The van der Waals surface area contributed by atoms with Gasteiger partial charge in [0.05, 0.1) is 11.2 Å². The van der Waals surface area contributed by atoms with Crippen LogP contribution in [0.4, 0.5) is 5.69 Å². The van der Waals surface area contributed by atoms with Crippen LogP contribution in [0.1, 0.15) is 18.1 Å². The van der Waals surface area contributed by atoms with Crippen LogP contribution in [0.25, 0.3) is 10.9 Å². The number of aromatic nitrogens is 1. The van der Waals surface area contributed by atoms with Crippen LogP contribution in [0.15, 0.2) is 59.4 Å². The molecule has 3 nitrogen and oxygen atoms in total. The molecule has 0 atom stereocenters. The van der Waals surface area contributed by atoms with E-state index in [4.69, 9.17) is 0 Å². The lowest BCUT2D eigenvalue weighted by Crippen LogP contribution is -2.23. The van der Waals surface area contributed by atoms with Gasteiger partial charge in [-0.25, -0.2) is 0 Å². The van der Waals surface area contributed by atoms with Gasteiger partial charge in [0.1, 0.15) is 0 Å². The Kier molecular flexibility index (Phi) is 3.96. The average molecular weight is 292 g/mol. The highest BCUT2D eigenvalue weighted by atomic mass is 16.1. The molecule has 1 heterocycles. The Labute approximate surface area is 130 Å². The van der Waals surface area contributed by atoms with E-state index in [1.54, 1.807) is 4.57 Å². The van der Waals surface area contributed by atoms with E-state index in [-0.39, 0.29) is 5.56 Å². The van der Waals surface area contributed by atoms with Gasteiger partial charge in [-0.05, 0) is 18.1 Å². The summed E-state index contributed by atoms with van der Waals surface area (Å²) < 4.78 is 1.74. The van der Waals surface area contributed by atoms with Gasteiger partial charge in [0, 0.05) is 24.5 Å². The van der Waals surface area contributed by atoms with Gasteiger partial charge in [0.2, 0.25) is 0 Å². The fourth-order valence-electron chi connectivity index (χ4n) is 2.88. The summed E-state index contributed by atoms with van der Waals surface area (Å²) in [7, 11) is 1.84. The van der Waals surface area contributed by atoms with Gasteiger partial charge in [0.15, 0.2) is 0 Å². The number of para-hydroxylation sites is 1. The smallest absolute Gasteiger partial charge is 0.256 e. The molecule has 0 aliphatic heterocycles. The maximum atomic E-state index is 12.6. The third kappa shape index (κ3) is 2.50. The van der Waals surface area contributed by atoms with Crippen molar-refractivity contribution in [2.24, 2.45) is 7.05 Å². The first-order chi connectivity index (χ1) is 10.7. The Balaban J connectivity index is 2.11. The summed E-state index contributed by atoms with van der Waals surface area (Å²) >= 11 is 0. The summed E-state index contributed by atoms with van der Waals surface area (Å²) in [5.41, 5.74) is 4.05. The normalized spacial score (nSPS) is 10.8. The summed E-state index contributed by atoms with van der Waals surface area (Å²) in [6.45, 7) is 2.74. The number of anilines is 1. The quantitative estimate of drug-likeness (QED) is 0.795. The first-order valence-corrected chi connectivity index (χ1v) is 7.60. The molecule has 0 bridgehead atoms. The second-order valence-electron chi connectivity index (χ2n) is 5.43. The highest BCUT2D eigenvalue weighted by Gasteiger charge is 2.13. The third-order valence-electron chi connectivity index (χ3n) is 4.06. The summed E-state index contributed by atoms with van der Waals surface area (Å²) in [6, 6.07) is 18.3. The topological polar surface area (TPSA) is 34.0 Å². The van der Waals surface area contributed by atoms with Crippen molar-refractivity contribution in [3.63, 3.8) is 0 Å². The molecule has 1 N–H and O–H groups in total. The van der Waals surface area contributed by atoms with Gasteiger partial charge in [-0.15, -0.1) is 0 Å². The average Bonchev–Trinajstić information content (AvgIpc) is 2.57. The minimum atomic E-state index is 0.0803. The Bertz CT molecular complexity index is 850. The van der Waals surface area contributed by atoms with Gasteiger partial charge < -0.3 is 9.88 Å². The van der Waals surface area contributed by atoms with Crippen LogP contribution in [0.2, 0.25) is 0 Å². The zero-order chi connectivity index (χ0) is 15.5. The van der Waals surface area contributed by atoms with Crippen LogP contribution in [0, 0.1) is 0 Å². The lowest BCUT2D eigenvalue weighted by atomic mass is 10.1. The third-order valence-corrected chi connectivity index (χ3v) is 4.06. The molecule has 0 fully saturated rings. The first kappa shape index (κ1) is 14.4. The molecule has 0 unspecified atom stereocenters. The molecule has 22 heavy (non-hydrogen) atoms. The standard InChI is InChI=1S/C19H20N2O/c1-3-15-18(20-13-14-9-5-4-6-10-14)16-11-7-8-12-17(16)21(2)19(15)22/h4-12,20H,3,13H2,1-2H3. The number of hydrogen-bond donors (Lipinski definition) is 1. The molecule has 0 spiro atoms. The molecule has 2 aromatic carbocycles. The molecular formula is C19H20N2O. The predicted molar refractivity (Wildman–Crippen MR) is 92.3 cm³/mol. The summed E-state index contributed by atoms with van der Waals surface area (Å²) in [5, 5.41) is 4.57. The number of fused-ring (bicyclic) bond motifs is 1. The van der Waals surface area contributed by atoms with Crippen molar-refractivity contribution >= 4 is 16.6 Å². The van der Waals surface area contributed by atoms with E-state index in [0.717, 1.165) is 22.2 Å². The van der Waals surface area contributed by atoms with E-state index in [9.17, 15) is 4.79 Å². The van der Waals surface area contributed by atoms with Crippen molar-refractivity contribution in [2.45, 2.75) is 19.9 Å². The molecule has 0 saturated heterocycles. The van der Waals surface area contributed by atoms with Crippen LogP contribution in [-0.4, -0.2) is 4.57 Å². The van der Waals surface area contributed by atoms with Crippen molar-refractivity contribution in [3.05, 3.63) is 76.1 Å². The molecule has 3 rings (SSSR count). The molecule has 1 aromatic heterocycles. The van der Waals surface area contributed by atoms with Crippen molar-refractivity contribution < 1.29 is 0 Å². The van der Waals surface area contributed by atoms with E-state index in [1.165, 1.54) is 5.56 Å². The predicted octanol–water partition coefficient (Wildman–Crippen LogP) is 3.71. The van der Waals surface area contributed by atoms with Crippen LogP contribution < -0.4 is 10.9 Å². The van der Waals surface area contributed by atoms with E-state index >= 15 is 0 Å². The minimum Gasteiger partial charge on any atom is -0.380 e. The Hall–Kier alpha value is -2.55. The summed E-state index contributed by atoms with van der Waals surface area (Å²) in [4.78, 5) is 12.6. The Morgan fingerprint density at radius 3 is 2.41 bits per heavy atom. The van der Waals surface area contributed by atoms with Crippen molar-refractivity contribution in [3.8, 4) is 0 Å². The number of benzene rings is 2. The molecule has 0 amide bonds. The number of nitrogens with one attached hydrogen (secondary N) is 1. The second-order valence-corrected chi connectivity index (χ2v) is 5.43. The number of pyridine rings is 1. The molecular weight excluding hydrogens is 272 g/mol. The molecule has 112 valence electrons. The zero-order valence-corrected chi connectivity index (χ0v) is 13.0. The van der Waals surface area contributed by atoms with E-state index < -0.39 is 0 Å². The first-order valence-electron chi connectivity index (χ1n) is 7.60. The van der Waals surface area contributed by atoms with Crippen molar-refractivity contribution in [1.82, 2.24) is 4.57 Å². The molecule has 0 aliphatic rings. The monoisotopic (exact) mass is 292 g/mol. The van der Waals surface area contributed by atoms with Crippen LogP contribution in [0.5, 0.6) is 0 Å². The lowest BCUT2D eigenvalue weighted by Gasteiger charge is -2.16. The lowest BCUT2D eigenvalue weighted by molar-refractivity contribution is 0.875. The van der Waals surface area contributed by atoms with E-state index in [2.05, 4.69) is 23.5 Å². The number of aryl methyl sites for hydroxylation is 1. The Morgan fingerprint density at radius 2 is 1.68 bits per heavy atom.